The number of hydrogen-bond acceptors (Lipinski definition) is 6. The molecule has 0 radical (unpaired) electrons. The van der Waals surface area contributed by atoms with Gasteiger partial charge in [0.15, 0.2) is 46.0 Å². The summed E-state index contributed by atoms with van der Waals surface area (Å²) in [7, 11) is 0. The summed E-state index contributed by atoms with van der Waals surface area (Å²) in [6, 6.07) is 154. The highest BCUT2D eigenvalue weighted by molar-refractivity contribution is 5.93. The van der Waals surface area contributed by atoms with Crippen LogP contribution >= 0.6 is 0 Å². The van der Waals surface area contributed by atoms with E-state index in [1.54, 1.807) is 0 Å². The molecule has 6 nitrogen and oxygen atoms in total. The van der Waals surface area contributed by atoms with Crippen molar-refractivity contribution in [3.63, 3.8) is 0 Å². The van der Waals surface area contributed by atoms with E-state index in [0.29, 0.717) is 34.5 Å². The van der Waals surface area contributed by atoms with E-state index in [-0.39, 0.29) is 10.8 Å². The van der Waals surface area contributed by atoms with E-state index in [1.807, 2.05) is 48.5 Å². The predicted molar refractivity (Wildman–Crippen MR) is 496 cm³/mol. The quantitative estimate of drug-likeness (QED) is 0.121. The molecule has 0 saturated heterocycles. The van der Waals surface area contributed by atoms with Crippen molar-refractivity contribution in [2.45, 2.75) is 49.4 Å². The number of fused-ring (bicyclic) bond motifs is 16. The maximum atomic E-state index is 6.56. The van der Waals surface area contributed by atoms with E-state index in [2.05, 4.69) is 414 Å². The van der Waals surface area contributed by atoms with Crippen LogP contribution in [0.1, 0.15) is 94.5 Å². The molecule has 18 aromatic rings. The molecule has 0 saturated carbocycles. The van der Waals surface area contributed by atoms with Crippen LogP contribution in [-0.4, -0.2) is 0 Å². The van der Waals surface area contributed by atoms with Gasteiger partial charge in [-0.05, 0) is 255 Å². The minimum absolute atomic E-state index is 0.129. The second-order valence-electron chi connectivity index (χ2n) is 33.7. The van der Waals surface area contributed by atoms with Crippen molar-refractivity contribution in [3.05, 3.63) is 491 Å². The van der Waals surface area contributed by atoms with Gasteiger partial charge in [-0.15, -0.1) is 0 Å². The normalized spacial score (nSPS) is 14.3. The molecular weight excluding hydrogens is 1490 g/mol. The zero-order valence-corrected chi connectivity index (χ0v) is 67.9. The first-order valence-electron chi connectivity index (χ1n) is 42.2. The van der Waals surface area contributed by atoms with E-state index >= 15 is 0 Å². The summed E-state index contributed by atoms with van der Waals surface area (Å²) in [5, 5.41) is 0. The summed E-state index contributed by atoms with van der Waals surface area (Å²) in [4.78, 5) is 4.82. The smallest absolute Gasteiger partial charge is 0.170 e. The molecule has 2 aliphatic heterocycles. The Balaban J connectivity index is 0.000000142. The third-order valence-electron chi connectivity index (χ3n) is 26.4. The van der Waals surface area contributed by atoms with Crippen LogP contribution in [0.25, 0.3) is 66.8 Å². The van der Waals surface area contributed by atoms with Gasteiger partial charge in [0.1, 0.15) is 0 Å². The van der Waals surface area contributed by atoms with Gasteiger partial charge in [-0.25, -0.2) is 0 Å². The van der Waals surface area contributed by atoms with Crippen LogP contribution in [0.2, 0.25) is 0 Å². The Morgan fingerprint density at radius 1 is 0.164 bits per heavy atom. The molecule has 580 valence electrons. The molecule has 0 N–H and O–H groups in total. The molecular formula is C116H82N2O4. The Morgan fingerprint density at radius 3 is 0.820 bits per heavy atom. The van der Waals surface area contributed by atoms with Gasteiger partial charge in [-0.2, -0.15) is 0 Å². The van der Waals surface area contributed by atoms with Gasteiger partial charge < -0.3 is 28.7 Å². The van der Waals surface area contributed by atoms with Crippen LogP contribution in [0.15, 0.2) is 425 Å². The SMILES string of the molecule is CC1(C)c2ccccc2-c2ccc(N(c3ccc(-c4ccccc4)cc3)c3ccc(C4(c5ccc6c(c5)Oc5ccccc5O6)c5ccccc5-c5ccccc54)cc3)cc21.CC1(C)c2ccccc2-c2ccc(N(c3ccc(C4(c5ccc6c(c5)Oc5ccccc5O6)c5ccccc5-c5ccccc54)cc3)c3cccc(-c4ccccc4)c3)cc21. The van der Waals surface area contributed by atoms with Crippen LogP contribution in [0, 0.1) is 0 Å². The van der Waals surface area contributed by atoms with Gasteiger partial charge >= 0.3 is 0 Å². The van der Waals surface area contributed by atoms with Gasteiger partial charge in [0.25, 0.3) is 0 Å². The van der Waals surface area contributed by atoms with Crippen molar-refractivity contribution in [1.29, 1.82) is 0 Å². The zero-order chi connectivity index (χ0) is 81.4. The average Bonchev–Trinajstić information content (AvgIpc) is 1.58. The maximum Gasteiger partial charge on any atom is 0.170 e. The highest BCUT2D eigenvalue weighted by atomic mass is 16.6. The summed E-state index contributed by atoms with van der Waals surface area (Å²) >= 11 is 0. The average molecular weight is 1570 g/mol. The Bertz CT molecular complexity index is 7120. The molecule has 6 heteroatoms. The Morgan fingerprint density at radius 2 is 0.426 bits per heavy atom. The lowest BCUT2D eigenvalue weighted by atomic mass is 9.67. The molecule has 0 aromatic heterocycles. The summed E-state index contributed by atoms with van der Waals surface area (Å²) in [6.07, 6.45) is 0. The van der Waals surface area contributed by atoms with Crippen molar-refractivity contribution in [1.82, 2.24) is 0 Å². The van der Waals surface area contributed by atoms with Gasteiger partial charge in [0.2, 0.25) is 0 Å². The van der Waals surface area contributed by atoms with Crippen LogP contribution in [0.5, 0.6) is 46.0 Å². The molecule has 6 aliphatic rings. The number of ether oxygens (including phenoxy) is 4. The molecule has 122 heavy (non-hydrogen) atoms. The van der Waals surface area contributed by atoms with Crippen molar-refractivity contribution < 1.29 is 18.9 Å². The standard InChI is InChI=1S/2C58H41NO2/c1-57(2)49-22-9-6-19-45(49)48-33-32-44(37-52(48)57)59(43-18-14-17-39(35-43)38-15-4-3-5-16-38)42-30-27-40(28-31-42)58(50-23-10-7-20-46(50)47-21-8-11-24-51(47)58)41-29-34-55-56(36-41)61-54-26-13-12-25-53(54)60-55;1-57(2)49-19-9-6-16-45(49)48-34-33-44(37-52(48)57)59(42-29-24-39(25-30-42)38-14-4-3-5-15-38)43-31-26-40(27-32-43)58(50-20-10-7-17-46(50)47-18-8-11-21-51(47)58)41-28-35-55-56(36-41)61-54-23-13-12-22-53(54)60-55/h2*3-37H,1-2H3. The number of rotatable bonds is 12. The lowest BCUT2D eigenvalue weighted by molar-refractivity contribution is 0.359. The second kappa shape index (κ2) is 28.2. The first-order chi connectivity index (χ1) is 60.0. The van der Waals surface area contributed by atoms with E-state index in [4.69, 9.17) is 18.9 Å². The molecule has 2 heterocycles. The molecule has 18 aromatic carbocycles. The Kier molecular flexibility index (Phi) is 16.7. The van der Waals surface area contributed by atoms with Crippen LogP contribution in [-0.2, 0) is 21.7 Å². The molecule has 0 spiro atoms. The largest absolute Gasteiger partial charge is 0.450 e. The van der Waals surface area contributed by atoms with Gasteiger partial charge in [0, 0.05) is 45.0 Å². The molecule has 0 amide bonds. The van der Waals surface area contributed by atoms with Gasteiger partial charge in [-0.1, -0.05) is 331 Å². The summed E-state index contributed by atoms with van der Waals surface area (Å²) in [6.45, 7) is 9.40. The topological polar surface area (TPSA) is 43.4 Å². The maximum absolute atomic E-state index is 6.56. The highest BCUT2D eigenvalue weighted by Crippen LogP contribution is 2.62. The second-order valence-corrected chi connectivity index (χ2v) is 33.7. The Labute approximate surface area is 711 Å². The fraction of sp³-hybridized carbons (Fsp3) is 0.0690. The third-order valence-corrected chi connectivity index (χ3v) is 26.4. The third kappa shape index (κ3) is 11.2. The summed E-state index contributed by atoms with van der Waals surface area (Å²) < 4.78 is 25.8. The fourth-order valence-electron chi connectivity index (χ4n) is 20.7. The van der Waals surface area contributed by atoms with E-state index < -0.39 is 10.8 Å². The van der Waals surface area contributed by atoms with Crippen molar-refractivity contribution in [3.8, 4) is 113 Å². The lowest BCUT2D eigenvalue weighted by Gasteiger charge is -2.35. The van der Waals surface area contributed by atoms with Crippen LogP contribution in [0.3, 0.4) is 0 Å². The number of para-hydroxylation sites is 4. The van der Waals surface area contributed by atoms with Crippen molar-refractivity contribution in [2.24, 2.45) is 0 Å². The first-order valence-corrected chi connectivity index (χ1v) is 42.2. The number of benzene rings is 18. The first kappa shape index (κ1) is 72.0. The number of anilines is 6. The Hall–Kier alpha value is -15.2. The number of nitrogens with zero attached hydrogens (tertiary/aromatic N) is 2. The van der Waals surface area contributed by atoms with Gasteiger partial charge in [-0.3, -0.25) is 0 Å². The van der Waals surface area contributed by atoms with Crippen LogP contribution in [0.4, 0.5) is 34.1 Å². The molecule has 0 bridgehead atoms. The van der Waals surface area contributed by atoms with E-state index in [9.17, 15) is 0 Å². The molecule has 4 aliphatic carbocycles. The van der Waals surface area contributed by atoms with Crippen molar-refractivity contribution >= 4 is 34.1 Å². The van der Waals surface area contributed by atoms with Crippen molar-refractivity contribution in [2.75, 3.05) is 9.80 Å². The fourth-order valence-corrected chi connectivity index (χ4v) is 20.7. The monoisotopic (exact) mass is 1570 g/mol. The highest BCUT2D eigenvalue weighted by Gasteiger charge is 2.49. The summed E-state index contributed by atoms with van der Waals surface area (Å²) in [5.41, 5.74) is 35.1. The molecule has 24 rings (SSSR count). The minimum Gasteiger partial charge on any atom is -0.450 e. The van der Waals surface area contributed by atoms with Crippen LogP contribution < -0.4 is 28.7 Å². The number of hydrogen-bond donors (Lipinski definition) is 0. The zero-order valence-electron chi connectivity index (χ0n) is 67.9. The molecule has 0 unspecified atom stereocenters. The molecule has 0 fully saturated rings. The van der Waals surface area contributed by atoms with Gasteiger partial charge in [0.05, 0.1) is 10.8 Å². The minimum atomic E-state index is -0.623. The van der Waals surface area contributed by atoms with E-state index in [1.165, 1.54) is 122 Å². The van der Waals surface area contributed by atoms with E-state index in [0.717, 1.165) is 56.8 Å². The molecule has 0 atom stereocenters. The summed E-state index contributed by atoms with van der Waals surface area (Å²) in [5.74, 6) is 5.71. The predicted octanol–water partition coefficient (Wildman–Crippen LogP) is 30.8. The lowest BCUT2D eigenvalue weighted by Crippen LogP contribution is -2.28.